The van der Waals surface area contributed by atoms with Crippen LogP contribution >= 0.6 is 0 Å². The summed E-state index contributed by atoms with van der Waals surface area (Å²) in [6, 6.07) is 46.3. The van der Waals surface area contributed by atoms with Gasteiger partial charge >= 0.3 is 0 Å². The first kappa shape index (κ1) is 38.8. The lowest BCUT2D eigenvalue weighted by Crippen LogP contribution is -2.16. The molecule has 7 rings (SSSR count). The van der Waals surface area contributed by atoms with Crippen LogP contribution in [0.15, 0.2) is 158 Å². The van der Waals surface area contributed by atoms with E-state index in [4.69, 9.17) is 5.26 Å². The van der Waals surface area contributed by atoms with Crippen LogP contribution in [0.3, 0.4) is 0 Å². The van der Waals surface area contributed by atoms with Gasteiger partial charge in [-0.25, -0.2) is 0 Å². The molecule has 0 atom stereocenters. The van der Waals surface area contributed by atoms with E-state index in [1.165, 1.54) is 0 Å². The van der Waals surface area contributed by atoms with Crippen molar-refractivity contribution in [2.75, 3.05) is 10.6 Å². The van der Waals surface area contributed by atoms with Crippen LogP contribution in [0.1, 0.15) is 20.7 Å². The molecule has 2 aromatic heterocycles. The van der Waals surface area contributed by atoms with Crippen LogP contribution in [-0.4, -0.2) is 43.5 Å². The number of H-pyrrole nitrogens is 2. The predicted molar refractivity (Wildman–Crippen MR) is 200 cm³/mol. The van der Waals surface area contributed by atoms with Crippen molar-refractivity contribution in [3.8, 4) is 44.8 Å². The zero-order valence-electron chi connectivity index (χ0n) is 27.2. The summed E-state index contributed by atoms with van der Waals surface area (Å²) in [7, 11) is 0. The highest BCUT2D eigenvalue weighted by molar-refractivity contribution is 6.12. The fraction of sp³-hybridized carbons (Fsp3) is 0. The molecular weight excluding hydrogens is 648 g/mol. The topological polar surface area (TPSA) is 230 Å². The first-order chi connectivity index (χ1) is 23.7. The Morgan fingerprint density at radius 2 is 0.765 bits per heavy atom. The average molecular weight is 687 g/mol. The number of hydrogen-bond donors (Lipinski definition) is 4. The van der Waals surface area contributed by atoms with Gasteiger partial charge in [-0.2, -0.15) is 0 Å². The molecule has 51 heavy (non-hydrogen) atoms. The van der Waals surface area contributed by atoms with Gasteiger partial charge in [0, 0.05) is 45.8 Å². The Balaban J connectivity index is 0.00000138. The first-order valence-electron chi connectivity index (χ1n) is 15.2. The van der Waals surface area contributed by atoms with Crippen molar-refractivity contribution in [2.45, 2.75) is 0 Å². The summed E-state index contributed by atoms with van der Waals surface area (Å²) in [5.41, 5.74) is 9.26. The summed E-state index contributed by atoms with van der Waals surface area (Å²) >= 11 is 0. The van der Waals surface area contributed by atoms with E-state index in [0.717, 1.165) is 44.8 Å². The van der Waals surface area contributed by atoms with E-state index in [9.17, 15) is 9.59 Å². The van der Waals surface area contributed by atoms with Crippen molar-refractivity contribution in [1.29, 1.82) is 0 Å². The first-order valence-corrected chi connectivity index (χ1v) is 15.2. The third-order valence-electron chi connectivity index (χ3n) is 7.92. The van der Waals surface area contributed by atoms with Crippen molar-refractivity contribution < 1.29 is 36.5 Å². The second-order valence-corrected chi connectivity index (χ2v) is 10.9. The van der Waals surface area contributed by atoms with E-state index in [1.807, 2.05) is 134 Å². The van der Waals surface area contributed by atoms with Crippen molar-refractivity contribution in [3.05, 3.63) is 169 Å². The molecule has 0 aliphatic rings. The van der Waals surface area contributed by atoms with E-state index in [0.29, 0.717) is 22.5 Å². The van der Waals surface area contributed by atoms with Gasteiger partial charge in [0.05, 0.1) is 22.8 Å². The van der Waals surface area contributed by atoms with Crippen molar-refractivity contribution in [2.24, 2.45) is 0 Å². The minimum absolute atomic E-state index is 0. The van der Waals surface area contributed by atoms with E-state index in [-0.39, 0.29) is 28.2 Å². The second-order valence-electron chi connectivity index (χ2n) is 10.9. The van der Waals surface area contributed by atoms with Gasteiger partial charge in [0.15, 0.2) is 0 Å². The summed E-state index contributed by atoms with van der Waals surface area (Å²) in [6.45, 7) is 0. The van der Waals surface area contributed by atoms with Crippen LogP contribution in [0.2, 0.25) is 0 Å². The fourth-order valence-electron chi connectivity index (χ4n) is 5.64. The fourth-order valence-corrected chi connectivity index (χ4v) is 5.64. The molecule has 12 N–H and O–H groups in total. The molecule has 0 fully saturated rings. The molecule has 11 nitrogen and oxygen atoms in total. The lowest BCUT2D eigenvalue weighted by molar-refractivity contribution is -0.670. The predicted octanol–water partition coefficient (Wildman–Crippen LogP) is 5.03. The highest BCUT2D eigenvalue weighted by atomic mass is 17.0. The Morgan fingerprint density at radius 1 is 0.451 bits per heavy atom. The Kier molecular flexibility index (Phi) is 13.9. The molecule has 0 unspecified atom stereocenters. The normalized spacial score (nSPS) is 9.84. The number of amides is 2. The molecule has 2 amide bonds. The van der Waals surface area contributed by atoms with Crippen molar-refractivity contribution in [3.63, 3.8) is 0 Å². The van der Waals surface area contributed by atoms with E-state index in [1.54, 1.807) is 24.3 Å². The largest absolute Gasteiger partial charge is 0.536 e. The van der Waals surface area contributed by atoms with Gasteiger partial charge in [-0.3, -0.25) is 9.59 Å². The molecule has 5 aromatic carbocycles. The smallest absolute Gasteiger partial charge is 0.255 e. The third-order valence-corrected chi connectivity index (χ3v) is 7.92. The van der Waals surface area contributed by atoms with E-state index < -0.39 is 0 Å². The van der Waals surface area contributed by atoms with Crippen LogP contribution < -0.4 is 15.9 Å². The lowest BCUT2D eigenvalue weighted by atomic mass is 10.0. The molecule has 0 aliphatic carbocycles. The van der Waals surface area contributed by atoms with Crippen LogP contribution in [0.25, 0.3) is 44.8 Å². The molecule has 260 valence electrons. The van der Waals surface area contributed by atoms with Gasteiger partial charge in [-0.15, -0.1) is 0 Å². The van der Waals surface area contributed by atoms with E-state index >= 15 is 0 Å². The van der Waals surface area contributed by atoms with Crippen molar-refractivity contribution >= 4 is 23.2 Å². The number of aromatic amines is 2. The average Bonchev–Trinajstić information content (AvgIpc) is 3.78. The molecule has 0 saturated heterocycles. The van der Waals surface area contributed by atoms with Crippen LogP contribution in [0, 0.1) is 0 Å². The summed E-state index contributed by atoms with van der Waals surface area (Å²) in [6.07, 6.45) is 3.81. The number of carbonyl (C=O) groups excluding carboxylic acids is 2. The number of rotatable bonds is 8. The molecule has 0 radical (unpaired) electrons. The molecule has 0 saturated carbocycles. The number of carbonyl (C=O) groups is 2. The standard InChI is InChI=1S/C40H30N4O2.H2O2.3H2O/c45-39(43-37-33(27-14-5-1-6-15-27)25-41-35(37)29-18-9-3-10-19-29)31-22-13-23-32(24-31)40(46)44-38-34(28-16-7-2-8-17-28)26-42-36(38)30-20-11-4-12-21-30;1-2;;;/h1-26,41-42H,(H,43,45)(H,44,46);1H2;3*1H2. The molecule has 0 bridgehead atoms. The number of benzene rings is 5. The van der Waals surface area contributed by atoms with Crippen molar-refractivity contribution in [1.82, 2.24) is 9.97 Å². The number of hydrogen-bond acceptors (Lipinski definition) is 3. The molecule has 7 aromatic rings. The molecular formula is C40H38N4O7. The number of nitrogens with one attached hydrogen (secondary N) is 4. The summed E-state index contributed by atoms with van der Waals surface area (Å²) < 4.78 is 0. The molecule has 2 heterocycles. The highest BCUT2D eigenvalue weighted by Crippen LogP contribution is 2.38. The maximum Gasteiger partial charge on any atom is 0.255 e. The van der Waals surface area contributed by atoms with Gasteiger partial charge in [-0.1, -0.05) is 127 Å². The quantitative estimate of drug-likeness (QED) is 0.0980. The Labute approximate surface area is 293 Å². The van der Waals surface area contributed by atoms with Gasteiger partial charge in [0.1, 0.15) is 0 Å². The highest BCUT2D eigenvalue weighted by Gasteiger charge is 2.21. The number of aromatic nitrogens is 2. The Bertz CT molecular complexity index is 1870. The molecule has 0 spiro atoms. The SMILES string of the molecule is O.O.O.O=C(Nc1c(-c2ccccc2)c[nH]c1-c1ccccc1)c1cccc(C(=O)Nc2c(-c3ccccc3)c[nH]c2-c2ccccc2)c1.[O-][OH2+]. The van der Waals surface area contributed by atoms with Gasteiger partial charge in [-0.05, 0) is 29.3 Å². The maximum absolute atomic E-state index is 13.8. The summed E-state index contributed by atoms with van der Waals surface area (Å²) in [5, 5.41) is 18.3. The van der Waals surface area contributed by atoms with E-state index in [2.05, 4.69) is 25.9 Å². The zero-order chi connectivity index (χ0) is 33.3. The maximum atomic E-state index is 13.8. The Morgan fingerprint density at radius 3 is 1.10 bits per heavy atom. The minimum atomic E-state index is -0.319. The molecule has 0 aliphatic heterocycles. The molecule has 11 heteroatoms. The van der Waals surface area contributed by atoms with Crippen LogP contribution in [-0.2, 0) is 0 Å². The van der Waals surface area contributed by atoms with Crippen LogP contribution in [0.5, 0.6) is 0 Å². The van der Waals surface area contributed by atoms with Gasteiger partial charge in [0.2, 0.25) is 0 Å². The third kappa shape index (κ3) is 8.53. The minimum Gasteiger partial charge on any atom is -0.536 e. The van der Waals surface area contributed by atoms with Crippen LogP contribution in [0.4, 0.5) is 11.4 Å². The monoisotopic (exact) mass is 686 g/mol. The van der Waals surface area contributed by atoms with Gasteiger partial charge in [0.25, 0.3) is 11.8 Å². The summed E-state index contributed by atoms with van der Waals surface area (Å²) in [5.74, 6) is -0.639. The Hall–Kier alpha value is -6.60. The number of anilines is 2. The zero-order valence-corrected chi connectivity index (χ0v) is 27.2. The lowest BCUT2D eigenvalue weighted by Gasteiger charge is -2.13. The summed E-state index contributed by atoms with van der Waals surface area (Å²) in [4.78, 5) is 34.3. The second kappa shape index (κ2) is 18.2. The van der Waals surface area contributed by atoms with Gasteiger partial charge < -0.3 is 47.5 Å².